The second-order valence-electron chi connectivity index (χ2n) is 5.17. The molecule has 0 amide bonds. The van der Waals surface area contributed by atoms with Gasteiger partial charge in [0, 0.05) is 29.8 Å². The Hall–Kier alpha value is -0.560. The highest BCUT2D eigenvalue weighted by atomic mass is 32.2. The lowest BCUT2D eigenvalue weighted by molar-refractivity contribution is 0.286. The van der Waals surface area contributed by atoms with Gasteiger partial charge in [0.1, 0.15) is 0 Å². The Kier molecular flexibility index (Phi) is 5.89. The van der Waals surface area contributed by atoms with Crippen molar-refractivity contribution >= 4 is 21.6 Å². The van der Waals surface area contributed by atoms with Crippen LogP contribution in [0.25, 0.3) is 0 Å². The summed E-state index contributed by atoms with van der Waals surface area (Å²) in [4.78, 5) is 3.45. The van der Waals surface area contributed by atoms with Crippen LogP contribution in [0.15, 0.2) is 35.2 Å². The molecule has 1 fully saturated rings. The van der Waals surface area contributed by atoms with Crippen molar-refractivity contribution in [3.63, 3.8) is 0 Å². The number of hydrogen-bond acceptors (Lipinski definition) is 5. The number of thioether (sulfide) groups is 1. The summed E-state index contributed by atoms with van der Waals surface area (Å²) in [7, 11) is -2.78. The summed E-state index contributed by atoms with van der Waals surface area (Å²) in [6.45, 7) is 2.20. The van der Waals surface area contributed by atoms with E-state index in [4.69, 9.17) is 5.73 Å². The lowest BCUT2D eigenvalue weighted by atomic mass is 10.2. The third-order valence-corrected chi connectivity index (χ3v) is 6.27. The molecule has 1 atom stereocenters. The molecule has 1 aliphatic rings. The predicted molar refractivity (Wildman–Crippen MR) is 84.9 cm³/mol. The molecule has 112 valence electrons. The van der Waals surface area contributed by atoms with Gasteiger partial charge in [-0.05, 0) is 25.1 Å². The standard InChI is InChI=1S/C14H22N2O2S2/c15-13(12-19-14-4-2-1-3-5-14)6-7-16-8-10-20(17,18)11-9-16/h1-5,13H,6-12,15H2/t13-/m1/s1. The minimum Gasteiger partial charge on any atom is -0.327 e. The van der Waals surface area contributed by atoms with Gasteiger partial charge in [-0.1, -0.05) is 18.2 Å². The normalized spacial score (nSPS) is 20.6. The molecule has 1 aliphatic heterocycles. The predicted octanol–water partition coefficient (Wildman–Crippen LogP) is 1.23. The van der Waals surface area contributed by atoms with Gasteiger partial charge in [-0.25, -0.2) is 8.42 Å². The van der Waals surface area contributed by atoms with Crippen LogP contribution in [0, 0.1) is 0 Å². The molecule has 6 heteroatoms. The van der Waals surface area contributed by atoms with Gasteiger partial charge in [-0.15, -0.1) is 11.8 Å². The van der Waals surface area contributed by atoms with E-state index in [-0.39, 0.29) is 6.04 Å². The van der Waals surface area contributed by atoms with Crippen molar-refractivity contribution in [1.29, 1.82) is 0 Å². The zero-order valence-corrected chi connectivity index (χ0v) is 13.2. The third kappa shape index (κ3) is 5.44. The van der Waals surface area contributed by atoms with E-state index in [1.54, 1.807) is 11.8 Å². The lowest BCUT2D eigenvalue weighted by Gasteiger charge is -2.27. The highest BCUT2D eigenvalue weighted by Crippen LogP contribution is 2.18. The number of nitrogens with zero attached hydrogens (tertiary/aromatic N) is 1. The van der Waals surface area contributed by atoms with Crippen molar-refractivity contribution < 1.29 is 8.42 Å². The summed E-state index contributed by atoms with van der Waals surface area (Å²) >= 11 is 1.78. The van der Waals surface area contributed by atoms with E-state index in [0.717, 1.165) is 18.7 Å². The van der Waals surface area contributed by atoms with Crippen molar-refractivity contribution in [2.24, 2.45) is 5.73 Å². The Morgan fingerprint density at radius 2 is 1.85 bits per heavy atom. The maximum Gasteiger partial charge on any atom is 0.152 e. The monoisotopic (exact) mass is 314 g/mol. The quantitative estimate of drug-likeness (QED) is 0.800. The van der Waals surface area contributed by atoms with Crippen LogP contribution < -0.4 is 5.73 Å². The fraction of sp³-hybridized carbons (Fsp3) is 0.571. The van der Waals surface area contributed by atoms with Crippen LogP contribution in [-0.4, -0.2) is 56.3 Å². The number of benzene rings is 1. The van der Waals surface area contributed by atoms with E-state index in [1.165, 1.54) is 4.90 Å². The molecule has 1 saturated heterocycles. The summed E-state index contributed by atoms with van der Waals surface area (Å²) in [5, 5.41) is 0. The first-order valence-corrected chi connectivity index (χ1v) is 9.72. The van der Waals surface area contributed by atoms with Gasteiger partial charge in [-0.3, -0.25) is 0 Å². The summed E-state index contributed by atoms with van der Waals surface area (Å²) < 4.78 is 22.7. The molecule has 0 bridgehead atoms. The van der Waals surface area contributed by atoms with Crippen LogP contribution >= 0.6 is 11.8 Å². The third-order valence-electron chi connectivity index (χ3n) is 3.46. The maximum absolute atomic E-state index is 11.3. The fourth-order valence-corrected chi connectivity index (χ4v) is 4.33. The van der Waals surface area contributed by atoms with Gasteiger partial charge in [0.2, 0.25) is 0 Å². The molecule has 2 N–H and O–H groups in total. The van der Waals surface area contributed by atoms with Crippen LogP contribution in [0.4, 0.5) is 0 Å². The fourth-order valence-electron chi connectivity index (χ4n) is 2.13. The number of rotatable bonds is 6. The minimum atomic E-state index is -2.78. The summed E-state index contributed by atoms with van der Waals surface area (Å²) in [5.41, 5.74) is 6.13. The summed E-state index contributed by atoms with van der Waals surface area (Å²) in [6, 6.07) is 10.4. The van der Waals surface area contributed by atoms with E-state index < -0.39 is 9.84 Å². The largest absolute Gasteiger partial charge is 0.327 e. The second-order valence-corrected chi connectivity index (χ2v) is 8.56. The number of nitrogens with two attached hydrogens (primary N) is 1. The summed E-state index contributed by atoms with van der Waals surface area (Å²) in [6.07, 6.45) is 0.917. The van der Waals surface area contributed by atoms with Crippen LogP contribution in [0.3, 0.4) is 0 Å². The van der Waals surface area contributed by atoms with Crippen LogP contribution in [0.2, 0.25) is 0 Å². The average molecular weight is 314 g/mol. The van der Waals surface area contributed by atoms with E-state index in [2.05, 4.69) is 17.0 Å². The SMILES string of the molecule is N[C@H](CCN1CCS(=O)(=O)CC1)CSc1ccccc1. The second kappa shape index (κ2) is 7.45. The molecule has 1 heterocycles. The zero-order valence-electron chi connectivity index (χ0n) is 11.6. The molecular weight excluding hydrogens is 292 g/mol. The smallest absolute Gasteiger partial charge is 0.152 e. The van der Waals surface area contributed by atoms with Crippen LogP contribution in [-0.2, 0) is 9.84 Å². The first-order chi connectivity index (χ1) is 9.55. The molecular formula is C14H22N2O2S2. The van der Waals surface area contributed by atoms with E-state index in [1.807, 2.05) is 18.2 Å². The minimum absolute atomic E-state index is 0.152. The molecule has 4 nitrogen and oxygen atoms in total. The average Bonchev–Trinajstić information content (AvgIpc) is 2.45. The summed E-state index contributed by atoms with van der Waals surface area (Å²) in [5.74, 6) is 1.48. The Morgan fingerprint density at radius 3 is 2.50 bits per heavy atom. The van der Waals surface area contributed by atoms with Crippen LogP contribution in [0.5, 0.6) is 0 Å². The molecule has 0 aliphatic carbocycles. The molecule has 0 radical (unpaired) electrons. The van der Waals surface area contributed by atoms with Crippen molar-refractivity contribution in [2.75, 3.05) is 36.9 Å². The molecule has 0 spiro atoms. The Morgan fingerprint density at radius 1 is 1.20 bits per heavy atom. The molecule has 0 unspecified atom stereocenters. The zero-order chi connectivity index (χ0) is 14.4. The van der Waals surface area contributed by atoms with Gasteiger partial charge in [0.15, 0.2) is 9.84 Å². The van der Waals surface area contributed by atoms with E-state index in [0.29, 0.717) is 24.6 Å². The van der Waals surface area contributed by atoms with Gasteiger partial charge < -0.3 is 10.6 Å². The molecule has 0 aromatic heterocycles. The van der Waals surface area contributed by atoms with Crippen molar-refractivity contribution in [1.82, 2.24) is 4.90 Å². The van der Waals surface area contributed by atoms with Gasteiger partial charge in [0.05, 0.1) is 11.5 Å². The van der Waals surface area contributed by atoms with Gasteiger partial charge in [-0.2, -0.15) is 0 Å². The molecule has 0 saturated carbocycles. The highest BCUT2D eigenvalue weighted by molar-refractivity contribution is 7.99. The number of hydrogen-bond donors (Lipinski definition) is 1. The molecule has 20 heavy (non-hydrogen) atoms. The molecule has 1 aromatic carbocycles. The number of sulfone groups is 1. The van der Waals surface area contributed by atoms with Gasteiger partial charge in [0.25, 0.3) is 0 Å². The first-order valence-electron chi connectivity index (χ1n) is 6.91. The topological polar surface area (TPSA) is 63.4 Å². The molecule has 2 rings (SSSR count). The van der Waals surface area contributed by atoms with Gasteiger partial charge >= 0.3 is 0 Å². The van der Waals surface area contributed by atoms with Crippen LogP contribution in [0.1, 0.15) is 6.42 Å². The van der Waals surface area contributed by atoms with E-state index in [9.17, 15) is 8.42 Å². The first kappa shape index (κ1) is 15.8. The molecule has 1 aromatic rings. The van der Waals surface area contributed by atoms with Crippen molar-refractivity contribution in [2.45, 2.75) is 17.4 Å². The Balaban J connectivity index is 1.64. The van der Waals surface area contributed by atoms with Crippen molar-refractivity contribution in [3.05, 3.63) is 30.3 Å². The highest BCUT2D eigenvalue weighted by Gasteiger charge is 2.21. The Bertz CT molecular complexity index is 491. The van der Waals surface area contributed by atoms with E-state index >= 15 is 0 Å². The Labute approximate surface area is 125 Å². The maximum atomic E-state index is 11.3. The van der Waals surface area contributed by atoms with Crippen molar-refractivity contribution in [3.8, 4) is 0 Å². The lowest BCUT2D eigenvalue weighted by Crippen LogP contribution is -2.42.